The molecule has 0 fully saturated rings. The molecule has 2 rings (SSSR count). The molecule has 1 aromatic rings. The van der Waals surface area contributed by atoms with Crippen molar-refractivity contribution in [3.8, 4) is 11.8 Å². The number of benzene rings is 1. The molecule has 1 aliphatic rings. The van der Waals surface area contributed by atoms with Gasteiger partial charge < -0.3 is 9.47 Å². The van der Waals surface area contributed by atoms with Crippen LogP contribution in [0.15, 0.2) is 34.9 Å². The molecule has 1 heterocycles. The van der Waals surface area contributed by atoms with Crippen molar-refractivity contribution in [1.82, 2.24) is 5.01 Å². The van der Waals surface area contributed by atoms with Crippen LogP contribution in [0.3, 0.4) is 0 Å². The number of para-hydroxylation sites is 1. The van der Waals surface area contributed by atoms with Gasteiger partial charge in [-0.2, -0.15) is 10.4 Å². The molecule has 0 aromatic heterocycles. The number of ether oxygens (including phenoxy) is 2. The first-order valence-electron chi connectivity index (χ1n) is 7.90. The highest BCUT2D eigenvalue weighted by molar-refractivity contribution is 6.26. The van der Waals surface area contributed by atoms with E-state index in [4.69, 9.17) is 14.7 Å². The normalized spacial score (nSPS) is 15.1. The molecule has 0 bridgehead atoms. The minimum absolute atomic E-state index is 0.205. The molecular weight excluding hydrogens is 322 g/mol. The predicted octanol–water partition coefficient (Wildman–Crippen LogP) is 2.14. The van der Waals surface area contributed by atoms with E-state index in [0.29, 0.717) is 22.6 Å². The summed E-state index contributed by atoms with van der Waals surface area (Å²) < 4.78 is 10.3. The Hall–Kier alpha value is -3.14. The fraction of sp³-hybridized carbons (Fsp3) is 0.333. The minimum atomic E-state index is -0.456. The lowest BCUT2D eigenvalue weighted by Crippen LogP contribution is -2.23. The Kier molecular flexibility index (Phi) is 6.29. The fourth-order valence-corrected chi connectivity index (χ4v) is 2.27. The number of hydrogen-bond acceptors (Lipinski definition) is 6. The topological polar surface area (TPSA) is 92.0 Å². The van der Waals surface area contributed by atoms with E-state index in [2.05, 4.69) is 5.10 Å². The zero-order valence-corrected chi connectivity index (χ0v) is 14.2. The van der Waals surface area contributed by atoms with Crippen molar-refractivity contribution in [2.45, 2.75) is 20.3 Å². The molecule has 7 heteroatoms. The minimum Gasteiger partial charge on any atom is -0.481 e. The molecule has 0 spiro atoms. The summed E-state index contributed by atoms with van der Waals surface area (Å²) in [4.78, 5) is 23.9. The van der Waals surface area contributed by atoms with Crippen LogP contribution in [0.5, 0.6) is 5.75 Å². The van der Waals surface area contributed by atoms with Crippen LogP contribution in [0.2, 0.25) is 0 Å². The van der Waals surface area contributed by atoms with E-state index in [1.807, 2.05) is 12.1 Å². The first kappa shape index (κ1) is 18.2. The van der Waals surface area contributed by atoms with Gasteiger partial charge in [-0.3, -0.25) is 4.79 Å². The molecule has 0 radical (unpaired) electrons. The number of hydrogen-bond donors (Lipinski definition) is 0. The number of esters is 1. The molecule has 0 N–H and O–H groups in total. The van der Waals surface area contributed by atoms with Crippen LogP contribution in [0.1, 0.15) is 25.8 Å². The lowest BCUT2D eigenvalue weighted by Gasteiger charge is -2.10. The monoisotopic (exact) mass is 341 g/mol. The lowest BCUT2D eigenvalue weighted by atomic mass is 10.1. The van der Waals surface area contributed by atoms with Crippen molar-refractivity contribution in [2.24, 2.45) is 5.10 Å². The highest BCUT2D eigenvalue weighted by atomic mass is 16.6. The Morgan fingerprint density at radius 1 is 1.40 bits per heavy atom. The van der Waals surface area contributed by atoms with Gasteiger partial charge in [-0.05, 0) is 26.0 Å². The van der Waals surface area contributed by atoms with E-state index >= 15 is 0 Å². The van der Waals surface area contributed by atoms with Gasteiger partial charge in [0.1, 0.15) is 5.75 Å². The fourth-order valence-electron chi connectivity index (χ4n) is 2.27. The van der Waals surface area contributed by atoms with Crippen LogP contribution in [0.25, 0.3) is 6.08 Å². The molecule has 1 aliphatic heterocycles. The van der Waals surface area contributed by atoms with Gasteiger partial charge in [-0.15, -0.1) is 0 Å². The van der Waals surface area contributed by atoms with Crippen molar-refractivity contribution < 1.29 is 19.1 Å². The van der Waals surface area contributed by atoms with E-state index in [9.17, 15) is 9.59 Å². The van der Waals surface area contributed by atoms with E-state index in [1.165, 1.54) is 5.01 Å². The summed E-state index contributed by atoms with van der Waals surface area (Å²) in [7, 11) is 0. The summed E-state index contributed by atoms with van der Waals surface area (Å²) in [5.41, 5.74) is 1.67. The van der Waals surface area contributed by atoms with Crippen LogP contribution < -0.4 is 4.74 Å². The third kappa shape index (κ3) is 4.67. The Bertz CT molecular complexity index is 762. The average molecular weight is 341 g/mol. The van der Waals surface area contributed by atoms with E-state index in [0.717, 1.165) is 0 Å². The third-order valence-corrected chi connectivity index (χ3v) is 3.43. The van der Waals surface area contributed by atoms with Crippen LogP contribution in [0, 0.1) is 11.3 Å². The summed E-state index contributed by atoms with van der Waals surface area (Å²) in [5, 5.41) is 14.1. The zero-order valence-electron chi connectivity index (χ0n) is 14.2. The first-order chi connectivity index (χ1) is 12.1. The quantitative estimate of drug-likeness (QED) is 0.560. The predicted molar refractivity (Wildman–Crippen MR) is 91.6 cm³/mol. The van der Waals surface area contributed by atoms with E-state index in [1.54, 1.807) is 38.1 Å². The SMILES string of the molecule is CCOC(=O)COc1ccccc1C=C1C(=O)N(CCC#N)N=C1C. The number of carbonyl (C=O) groups excluding carboxylic acids is 2. The highest BCUT2D eigenvalue weighted by Crippen LogP contribution is 2.24. The van der Waals surface area contributed by atoms with Gasteiger partial charge in [0.05, 0.1) is 36.9 Å². The standard InChI is InChI=1S/C18H19N3O4/c1-3-24-17(22)12-25-16-8-5-4-7-14(16)11-15-13(2)20-21(18(15)23)10-6-9-19/h4-5,7-8,11H,3,6,10,12H2,1-2H3. The molecule has 0 aliphatic carbocycles. The molecular formula is C18H19N3O4. The second-order valence-corrected chi connectivity index (χ2v) is 5.21. The van der Waals surface area contributed by atoms with Crippen molar-refractivity contribution >= 4 is 23.7 Å². The van der Waals surface area contributed by atoms with Crippen LogP contribution in [-0.2, 0) is 14.3 Å². The Morgan fingerprint density at radius 3 is 2.88 bits per heavy atom. The zero-order chi connectivity index (χ0) is 18.2. The number of nitriles is 1. The van der Waals surface area contributed by atoms with Crippen molar-refractivity contribution in [2.75, 3.05) is 19.8 Å². The van der Waals surface area contributed by atoms with Gasteiger partial charge in [-0.1, -0.05) is 18.2 Å². The molecule has 25 heavy (non-hydrogen) atoms. The summed E-state index contributed by atoms with van der Waals surface area (Å²) in [6, 6.07) is 9.08. The lowest BCUT2D eigenvalue weighted by molar-refractivity contribution is -0.145. The summed E-state index contributed by atoms with van der Waals surface area (Å²) in [6.07, 6.45) is 1.89. The largest absolute Gasteiger partial charge is 0.481 e. The Labute approximate surface area is 146 Å². The molecule has 0 unspecified atom stereocenters. The summed E-state index contributed by atoms with van der Waals surface area (Å²) >= 11 is 0. The summed E-state index contributed by atoms with van der Waals surface area (Å²) in [6.45, 7) is 3.80. The van der Waals surface area contributed by atoms with E-state index in [-0.39, 0.29) is 32.1 Å². The molecule has 1 aromatic carbocycles. The number of carbonyl (C=O) groups is 2. The van der Waals surface area contributed by atoms with Crippen molar-refractivity contribution in [3.63, 3.8) is 0 Å². The third-order valence-electron chi connectivity index (χ3n) is 3.43. The van der Waals surface area contributed by atoms with Crippen molar-refractivity contribution in [1.29, 1.82) is 5.26 Å². The summed E-state index contributed by atoms with van der Waals surface area (Å²) in [5.74, 6) is -0.241. The molecule has 130 valence electrons. The first-order valence-corrected chi connectivity index (χ1v) is 7.90. The maximum absolute atomic E-state index is 12.4. The molecule has 1 amide bonds. The van der Waals surface area contributed by atoms with Crippen LogP contribution in [-0.4, -0.2) is 42.4 Å². The second kappa shape index (κ2) is 8.64. The second-order valence-electron chi connectivity index (χ2n) is 5.21. The van der Waals surface area contributed by atoms with Gasteiger partial charge in [0, 0.05) is 5.56 Å². The van der Waals surface area contributed by atoms with Gasteiger partial charge in [0.15, 0.2) is 6.61 Å². The smallest absolute Gasteiger partial charge is 0.344 e. The average Bonchev–Trinajstić information content (AvgIpc) is 2.87. The number of rotatable bonds is 7. The van der Waals surface area contributed by atoms with Crippen molar-refractivity contribution in [3.05, 3.63) is 35.4 Å². The van der Waals surface area contributed by atoms with Crippen LogP contribution >= 0.6 is 0 Å². The molecule has 7 nitrogen and oxygen atoms in total. The number of hydrazone groups is 1. The van der Waals surface area contributed by atoms with Gasteiger partial charge in [0.25, 0.3) is 5.91 Å². The molecule has 0 atom stereocenters. The van der Waals surface area contributed by atoms with Gasteiger partial charge >= 0.3 is 5.97 Å². The Balaban J connectivity index is 2.18. The molecule has 0 saturated carbocycles. The maximum Gasteiger partial charge on any atom is 0.344 e. The Morgan fingerprint density at radius 2 is 2.16 bits per heavy atom. The van der Waals surface area contributed by atoms with Gasteiger partial charge in [-0.25, -0.2) is 9.80 Å². The van der Waals surface area contributed by atoms with Crippen LogP contribution in [0.4, 0.5) is 0 Å². The van der Waals surface area contributed by atoms with E-state index < -0.39 is 5.97 Å². The number of amides is 1. The number of nitrogens with zero attached hydrogens (tertiary/aromatic N) is 3. The highest BCUT2D eigenvalue weighted by Gasteiger charge is 2.27. The van der Waals surface area contributed by atoms with Gasteiger partial charge in [0.2, 0.25) is 0 Å². The molecule has 0 saturated heterocycles. The maximum atomic E-state index is 12.4.